The fourth-order valence-electron chi connectivity index (χ4n) is 1.54. The minimum Gasteiger partial charge on any atom is -0.464 e. The Hall–Kier alpha value is -0.650. The summed E-state index contributed by atoms with van der Waals surface area (Å²) in [6.07, 6.45) is 1.98. The molecule has 0 aromatic rings. The minimum atomic E-state index is -0.192. The van der Waals surface area contributed by atoms with Crippen LogP contribution in [0, 0.1) is 5.92 Å². The fourth-order valence-corrected chi connectivity index (χ4v) is 1.54. The number of ether oxygens (including phenoxy) is 3. The molecule has 5 heteroatoms. The summed E-state index contributed by atoms with van der Waals surface area (Å²) in [5, 5.41) is 2.95. The van der Waals surface area contributed by atoms with Gasteiger partial charge in [-0.05, 0) is 18.8 Å². The van der Waals surface area contributed by atoms with E-state index in [2.05, 4.69) is 5.32 Å². The van der Waals surface area contributed by atoms with Crippen LogP contribution in [-0.2, 0) is 19.0 Å². The van der Waals surface area contributed by atoms with Gasteiger partial charge >= 0.3 is 5.97 Å². The van der Waals surface area contributed by atoms with Gasteiger partial charge in [-0.25, -0.2) is 0 Å². The average molecular weight is 231 g/mol. The summed E-state index contributed by atoms with van der Waals surface area (Å²) in [7, 11) is 1.63. The predicted octanol–water partition coefficient (Wildman–Crippen LogP) is 0.192. The number of rotatable bonds is 7. The zero-order chi connectivity index (χ0) is 11.6. The van der Waals surface area contributed by atoms with Crippen LogP contribution in [0.15, 0.2) is 0 Å². The maximum Gasteiger partial charge on any atom is 0.319 e. The molecule has 0 aromatic carbocycles. The van der Waals surface area contributed by atoms with E-state index >= 15 is 0 Å². The van der Waals surface area contributed by atoms with Crippen molar-refractivity contribution in [3.05, 3.63) is 0 Å². The van der Waals surface area contributed by atoms with Crippen molar-refractivity contribution < 1.29 is 19.0 Å². The van der Waals surface area contributed by atoms with Crippen molar-refractivity contribution in [2.24, 2.45) is 5.92 Å². The molecule has 5 nitrogen and oxygen atoms in total. The largest absolute Gasteiger partial charge is 0.464 e. The normalized spacial score (nSPS) is 17.3. The Kier molecular flexibility index (Phi) is 7.12. The fraction of sp³-hybridized carbons (Fsp3) is 0.909. The molecule has 94 valence electrons. The Morgan fingerprint density at radius 2 is 2.19 bits per heavy atom. The first-order valence-electron chi connectivity index (χ1n) is 5.76. The van der Waals surface area contributed by atoms with E-state index < -0.39 is 0 Å². The van der Waals surface area contributed by atoms with Crippen LogP contribution in [0.1, 0.15) is 12.8 Å². The SMILES string of the molecule is COCCNCC(=O)OCC1CCOCC1. The van der Waals surface area contributed by atoms with Gasteiger partial charge in [0, 0.05) is 26.9 Å². The van der Waals surface area contributed by atoms with Crippen LogP contribution in [0.4, 0.5) is 0 Å². The van der Waals surface area contributed by atoms with E-state index in [4.69, 9.17) is 14.2 Å². The van der Waals surface area contributed by atoms with E-state index in [0.717, 1.165) is 26.1 Å². The first-order valence-corrected chi connectivity index (χ1v) is 5.76. The maximum atomic E-state index is 11.3. The van der Waals surface area contributed by atoms with E-state index in [-0.39, 0.29) is 12.5 Å². The molecule has 0 amide bonds. The number of esters is 1. The van der Waals surface area contributed by atoms with Crippen LogP contribution in [0.5, 0.6) is 0 Å². The third kappa shape index (κ3) is 6.05. The quantitative estimate of drug-likeness (QED) is 0.501. The van der Waals surface area contributed by atoms with E-state index in [9.17, 15) is 4.79 Å². The molecule has 1 heterocycles. The van der Waals surface area contributed by atoms with E-state index in [1.165, 1.54) is 0 Å². The summed E-state index contributed by atoms with van der Waals surface area (Å²) in [6.45, 7) is 3.62. The molecule has 1 aliphatic heterocycles. The summed E-state index contributed by atoms with van der Waals surface area (Å²) in [5.74, 6) is 0.277. The molecule has 1 N–H and O–H groups in total. The van der Waals surface area contributed by atoms with E-state index in [0.29, 0.717) is 25.7 Å². The molecule has 0 aliphatic carbocycles. The van der Waals surface area contributed by atoms with Crippen molar-refractivity contribution in [2.75, 3.05) is 46.6 Å². The van der Waals surface area contributed by atoms with Gasteiger partial charge in [-0.3, -0.25) is 4.79 Å². The lowest BCUT2D eigenvalue weighted by atomic mass is 10.0. The Morgan fingerprint density at radius 3 is 2.88 bits per heavy atom. The molecule has 0 radical (unpaired) electrons. The number of carbonyl (C=O) groups excluding carboxylic acids is 1. The van der Waals surface area contributed by atoms with E-state index in [1.807, 2.05) is 0 Å². The molecule has 16 heavy (non-hydrogen) atoms. The van der Waals surface area contributed by atoms with Crippen molar-refractivity contribution >= 4 is 5.97 Å². The number of nitrogens with one attached hydrogen (secondary N) is 1. The standard InChI is InChI=1S/C11H21NO4/c1-14-7-4-12-8-11(13)16-9-10-2-5-15-6-3-10/h10,12H,2-9H2,1H3. The predicted molar refractivity (Wildman–Crippen MR) is 59.2 cm³/mol. The van der Waals surface area contributed by atoms with Crippen molar-refractivity contribution in [1.82, 2.24) is 5.32 Å². The third-order valence-corrected chi connectivity index (χ3v) is 2.57. The summed E-state index contributed by atoms with van der Waals surface area (Å²) >= 11 is 0. The molecule has 0 saturated carbocycles. The van der Waals surface area contributed by atoms with Gasteiger partial charge in [-0.15, -0.1) is 0 Å². The molecule has 0 unspecified atom stereocenters. The molecule has 0 atom stereocenters. The summed E-state index contributed by atoms with van der Waals surface area (Å²) in [4.78, 5) is 11.3. The summed E-state index contributed by atoms with van der Waals surface area (Å²) in [5.41, 5.74) is 0. The lowest BCUT2D eigenvalue weighted by molar-refractivity contribution is -0.144. The molecule has 0 bridgehead atoms. The smallest absolute Gasteiger partial charge is 0.319 e. The number of methoxy groups -OCH3 is 1. The van der Waals surface area contributed by atoms with Crippen molar-refractivity contribution in [3.8, 4) is 0 Å². The van der Waals surface area contributed by atoms with Crippen LogP contribution in [0.25, 0.3) is 0 Å². The lowest BCUT2D eigenvalue weighted by Crippen LogP contribution is -2.29. The highest BCUT2D eigenvalue weighted by molar-refractivity contribution is 5.71. The van der Waals surface area contributed by atoms with Gasteiger partial charge in [0.05, 0.1) is 19.8 Å². The first-order chi connectivity index (χ1) is 7.83. The van der Waals surface area contributed by atoms with Crippen LogP contribution in [-0.4, -0.2) is 52.6 Å². The number of carbonyl (C=O) groups is 1. The second-order valence-electron chi connectivity index (χ2n) is 3.91. The highest BCUT2D eigenvalue weighted by atomic mass is 16.5. The number of hydrogen-bond acceptors (Lipinski definition) is 5. The van der Waals surface area contributed by atoms with Crippen LogP contribution < -0.4 is 5.32 Å². The molecular formula is C11H21NO4. The van der Waals surface area contributed by atoms with Crippen molar-refractivity contribution in [3.63, 3.8) is 0 Å². The molecule has 1 saturated heterocycles. The van der Waals surface area contributed by atoms with Crippen LogP contribution in [0.3, 0.4) is 0 Å². The van der Waals surface area contributed by atoms with Gasteiger partial charge < -0.3 is 19.5 Å². The lowest BCUT2D eigenvalue weighted by Gasteiger charge is -2.21. The zero-order valence-corrected chi connectivity index (χ0v) is 9.87. The van der Waals surface area contributed by atoms with Crippen LogP contribution in [0.2, 0.25) is 0 Å². The molecule has 1 aliphatic rings. The van der Waals surface area contributed by atoms with E-state index in [1.54, 1.807) is 7.11 Å². The monoisotopic (exact) mass is 231 g/mol. The summed E-state index contributed by atoms with van der Waals surface area (Å²) < 4.78 is 15.2. The van der Waals surface area contributed by atoms with Gasteiger partial charge in [0.2, 0.25) is 0 Å². The summed E-state index contributed by atoms with van der Waals surface area (Å²) in [6, 6.07) is 0. The molecular weight excluding hydrogens is 210 g/mol. The average Bonchev–Trinajstić information content (AvgIpc) is 2.33. The van der Waals surface area contributed by atoms with Gasteiger partial charge in [-0.1, -0.05) is 0 Å². The maximum absolute atomic E-state index is 11.3. The number of hydrogen-bond donors (Lipinski definition) is 1. The minimum absolute atomic E-state index is 0.192. The molecule has 0 spiro atoms. The Labute approximate surface area is 96.4 Å². The van der Waals surface area contributed by atoms with Gasteiger partial charge in [-0.2, -0.15) is 0 Å². The highest BCUT2D eigenvalue weighted by Gasteiger charge is 2.15. The van der Waals surface area contributed by atoms with Gasteiger partial charge in [0.25, 0.3) is 0 Å². The topological polar surface area (TPSA) is 56.8 Å². The Balaban J connectivity index is 1.96. The second kappa shape index (κ2) is 8.50. The van der Waals surface area contributed by atoms with Crippen LogP contribution >= 0.6 is 0 Å². The third-order valence-electron chi connectivity index (χ3n) is 2.57. The Morgan fingerprint density at radius 1 is 1.44 bits per heavy atom. The first kappa shape index (κ1) is 13.4. The van der Waals surface area contributed by atoms with Crippen molar-refractivity contribution in [2.45, 2.75) is 12.8 Å². The molecule has 1 fully saturated rings. The van der Waals surface area contributed by atoms with Gasteiger partial charge in [0.1, 0.15) is 0 Å². The van der Waals surface area contributed by atoms with Crippen molar-refractivity contribution in [1.29, 1.82) is 0 Å². The second-order valence-corrected chi connectivity index (χ2v) is 3.91. The van der Waals surface area contributed by atoms with Gasteiger partial charge in [0.15, 0.2) is 0 Å². The highest BCUT2D eigenvalue weighted by Crippen LogP contribution is 2.14. The molecule has 0 aromatic heterocycles. The zero-order valence-electron chi connectivity index (χ0n) is 9.87. The molecule has 1 rings (SSSR count). The Bertz CT molecular complexity index is 192.